The van der Waals surface area contributed by atoms with Gasteiger partial charge in [0.15, 0.2) is 0 Å². The molecule has 0 amide bonds. The van der Waals surface area contributed by atoms with Crippen molar-refractivity contribution in [3.8, 4) is 0 Å². The highest BCUT2D eigenvalue weighted by atomic mass is 15.2. The number of rotatable bonds is 3. The van der Waals surface area contributed by atoms with E-state index in [2.05, 4.69) is 23.4 Å². The molecule has 0 spiro atoms. The van der Waals surface area contributed by atoms with Crippen molar-refractivity contribution in [1.29, 1.82) is 0 Å². The van der Waals surface area contributed by atoms with E-state index in [1.165, 1.54) is 31.2 Å². The molecule has 2 rings (SSSR count). The van der Waals surface area contributed by atoms with Crippen molar-refractivity contribution in [3.05, 3.63) is 30.1 Å². The standard InChI is InChI=1S/C13H21N3/c1-10-4-2-5-11(8-10)13(16-14)12-6-3-7-15-9-12/h3,6-7,9-11,13,16H,2,4-5,8,14H2,1H3. The molecule has 3 nitrogen and oxygen atoms in total. The predicted octanol–water partition coefficient (Wildman–Crippen LogP) is 2.41. The summed E-state index contributed by atoms with van der Waals surface area (Å²) in [5.74, 6) is 7.18. The van der Waals surface area contributed by atoms with Crippen LogP contribution in [-0.4, -0.2) is 4.98 Å². The first-order valence-corrected chi connectivity index (χ1v) is 6.17. The molecule has 0 aromatic carbocycles. The topological polar surface area (TPSA) is 50.9 Å². The van der Waals surface area contributed by atoms with Crippen LogP contribution >= 0.6 is 0 Å². The van der Waals surface area contributed by atoms with Crippen molar-refractivity contribution < 1.29 is 0 Å². The van der Waals surface area contributed by atoms with E-state index in [4.69, 9.17) is 5.84 Å². The van der Waals surface area contributed by atoms with Crippen LogP contribution < -0.4 is 11.3 Å². The highest BCUT2D eigenvalue weighted by molar-refractivity contribution is 5.15. The minimum Gasteiger partial charge on any atom is -0.271 e. The Kier molecular flexibility index (Phi) is 3.91. The molecule has 1 aliphatic carbocycles. The molecule has 1 aliphatic rings. The lowest BCUT2D eigenvalue weighted by Crippen LogP contribution is -2.35. The molecule has 3 heteroatoms. The van der Waals surface area contributed by atoms with Gasteiger partial charge < -0.3 is 0 Å². The van der Waals surface area contributed by atoms with Crippen LogP contribution in [0.4, 0.5) is 0 Å². The summed E-state index contributed by atoms with van der Waals surface area (Å²) in [4.78, 5) is 4.17. The number of hydrazine groups is 1. The summed E-state index contributed by atoms with van der Waals surface area (Å²) in [6, 6.07) is 4.35. The van der Waals surface area contributed by atoms with Crippen LogP contribution in [0.5, 0.6) is 0 Å². The quantitative estimate of drug-likeness (QED) is 0.606. The van der Waals surface area contributed by atoms with Gasteiger partial charge >= 0.3 is 0 Å². The number of pyridine rings is 1. The number of nitrogens with zero attached hydrogens (tertiary/aromatic N) is 1. The van der Waals surface area contributed by atoms with Gasteiger partial charge in [0.25, 0.3) is 0 Å². The van der Waals surface area contributed by atoms with Gasteiger partial charge in [0.1, 0.15) is 0 Å². The number of hydrogen-bond donors (Lipinski definition) is 2. The van der Waals surface area contributed by atoms with E-state index in [0.717, 1.165) is 5.92 Å². The molecule has 0 aliphatic heterocycles. The van der Waals surface area contributed by atoms with Gasteiger partial charge in [-0.25, -0.2) is 0 Å². The van der Waals surface area contributed by atoms with Crippen molar-refractivity contribution in [2.75, 3.05) is 0 Å². The molecule has 1 aromatic rings. The summed E-state index contributed by atoms with van der Waals surface area (Å²) in [5.41, 5.74) is 4.18. The molecular formula is C13H21N3. The minimum atomic E-state index is 0.261. The number of hydrogen-bond acceptors (Lipinski definition) is 3. The highest BCUT2D eigenvalue weighted by Gasteiger charge is 2.27. The molecule has 3 N–H and O–H groups in total. The van der Waals surface area contributed by atoms with Crippen molar-refractivity contribution >= 4 is 0 Å². The van der Waals surface area contributed by atoms with Gasteiger partial charge in [-0.05, 0) is 36.3 Å². The third kappa shape index (κ3) is 2.60. The largest absolute Gasteiger partial charge is 0.271 e. The Balaban J connectivity index is 2.10. The van der Waals surface area contributed by atoms with Gasteiger partial charge in [0.05, 0.1) is 6.04 Å². The average molecular weight is 219 g/mol. The molecule has 88 valence electrons. The van der Waals surface area contributed by atoms with Crippen LogP contribution in [0.3, 0.4) is 0 Å². The van der Waals surface area contributed by atoms with E-state index in [-0.39, 0.29) is 6.04 Å². The summed E-state index contributed by atoms with van der Waals surface area (Å²) in [7, 11) is 0. The van der Waals surface area contributed by atoms with Crippen LogP contribution in [0.2, 0.25) is 0 Å². The molecular weight excluding hydrogens is 198 g/mol. The van der Waals surface area contributed by atoms with Gasteiger partial charge in [-0.15, -0.1) is 0 Å². The van der Waals surface area contributed by atoms with Gasteiger partial charge in [0.2, 0.25) is 0 Å². The first kappa shape index (κ1) is 11.6. The maximum absolute atomic E-state index is 5.70. The average Bonchev–Trinajstić information content (AvgIpc) is 2.31. The second-order valence-corrected chi connectivity index (χ2v) is 4.96. The van der Waals surface area contributed by atoms with Crippen LogP contribution in [0.15, 0.2) is 24.5 Å². The van der Waals surface area contributed by atoms with E-state index in [0.29, 0.717) is 5.92 Å². The molecule has 0 radical (unpaired) electrons. The summed E-state index contributed by atoms with van der Waals surface area (Å²) in [5, 5.41) is 0. The number of aromatic nitrogens is 1. The van der Waals surface area contributed by atoms with Gasteiger partial charge in [-0.2, -0.15) is 0 Å². The Bertz CT molecular complexity index is 312. The third-order valence-corrected chi connectivity index (χ3v) is 3.67. The van der Waals surface area contributed by atoms with Gasteiger partial charge in [0, 0.05) is 12.4 Å². The lowest BCUT2D eigenvalue weighted by molar-refractivity contribution is 0.224. The van der Waals surface area contributed by atoms with E-state index in [1.54, 1.807) is 6.20 Å². The van der Waals surface area contributed by atoms with Crippen molar-refractivity contribution in [2.24, 2.45) is 17.7 Å². The van der Waals surface area contributed by atoms with Gasteiger partial charge in [-0.3, -0.25) is 16.3 Å². The van der Waals surface area contributed by atoms with Crippen LogP contribution in [-0.2, 0) is 0 Å². The van der Waals surface area contributed by atoms with Crippen LogP contribution in [0, 0.1) is 11.8 Å². The molecule has 1 fully saturated rings. The summed E-state index contributed by atoms with van der Waals surface area (Å²) < 4.78 is 0. The lowest BCUT2D eigenvalue weighted by Gasteiger charge is -2.33. The number of nitrogens with two attached hydrogens (primary N) is 1. The zero-order valence-electron chi connectivity index (χ0n) is 9.89. The van der Waals surface area contributed by atoms with Crippen LogP contribution in [0.1, 0.15) is 44.2 Å². The summed E-state index contributed by atoms with van der Waals surface area (Å²) >= 11 is 0. The normalized spacial score (nSPS) is 27.6. The summed E-state index contributed by atoms with van der Waals surface area (Å²) in [6.07, 6.45) is 8.95. The Labute approximate surface area is 97.4 Å². The van der Waals surface area contributed by atoms with Gasteiger partial charge in [-0.1, -0.05) is 25.8 Å². The van der Waals surface area contributed by atoms with E-state index < -0.39 is 0 Å². The molecule has 16 heavy (non-hydrogen) atoms. The second kappa shape index (κ2) is 5.41. The molecule has 1 saturated carbocycles. The Hall–Kier alpha value is -0.930. The Morgan fingerprint density at radius 3 is 3.00 bits per heavy atom. The SMILES string of the molecule is CC1CCCC(C(NN)c2cccnc2)C1. The Morgan fingerprint density at radius 1 is 1.50 bits per heavy atom. The molecule has 0 saturated heterocycles. The first-order valence-electron chi connectivity index (χ1n) is 6.17. The first-order chi connectivity index (χ1) is 7.81. The fourth-order valence-corrected chi connectivity index (χ4v) is 2.85. The fourth-order valence-electron chi connectivity index (χ4n) is 2.85. The van der Waals surface area contributed by atoms with E-state index in [1.807, 2.05) is 12.3 Å². The molecule has 1 heterocycles. The summed E-state index contributed by atoms with van der Waals surface area (Å²) in [6.45, 7) is 2.34. The van der Waals surface area contributed by atoms with E-state index in [9.17, 15) is 0 Å². The molecule has 1 aromatic heterocycles. The molecule has 0 bridgehead atoms. The van der Waals surface area contributed by atoms with Crippen molar-refractivity contribution in [3.63, 3.8) is 0 Å². The smallest absolute Gasteiger partial charge is 0.0503 e. The zero-order chi connectivity index (χ0) is 11.4. The van der Waals surface area contributed by atoms with E-state index >= 15 is 0 Å². The lowest BCUT2D eigenvalue weighted by atomic mass is 9.77. The second-order valence-electron chi connectivity index (χ2n) is 4.96. The third-order valence-electron chi connectivity index (χ3n) is 3.67. The maximum atomic E-state index is 5.70. The number of nitrogens with one attached hydrogen (secondary N) is 1. The molecule has 3 unspecified atom stereocenters. The van der Waals surface area contributed by atoms with Crippen molar-refractivity contribution in [2.45, 2.75) is 38.6 Å². The van der Waals surface area contributed by atoms with Crippen molar-refractivity contribution in [1.82, 2.24) is 10.4 Å². The predicted molar refractivity (Wildman–Crippen MR) is 65.4 cm³/mol. The molecule has 3 atom stereocenters. The zero-order valence-corrected chi connectivity index (χ0v) is 9.89. The van der Waals surface area contributed by atoms with Crippen LogP contribution in [0.25, 0.3) is 0 Å². The highest BCUT2D eigenvalue weighted by Crippen LogP contribution is 2.36. The monoisotopic (exact) mass is 219 g/mol. The Morgan fingerprint density at radius 2 is 2.38 bits per heavy atom. The minimum absolute atomic E-state index is 0.261. The fraction of sp³-hybridized carbons (Fsp3) is 0.615. The maximum Gasteiger partial charge on any atom is 0.0503 e.